The molecule has 0 aromatic heterocycles. The van der Waals surface area contributed by atoms with Gasteiger partial charge in [0.1, 0.15) is 0 Å². The lowest BCUT2D eigenvalue weighted by atomic mass is 9.92. The Morgan fingerprint density at radius 3 is 1.93 bits per heavy atom. The van der Waals surface area contributed by atoms with Gasteiger partial charge in [-0.1, -0.05) is 27.2 Å². The molecule has 0 amide bonds. The molecule has 14 heavy (non-hydrogen) atoms. The van der Waals surface area contributed by atoms with Crippen LogP contribution in [0.5, 0.6) is 0 Å². The van der Waals surface area contributed by atoms with Gasteiger partial charge in [-0.3, -0.25) is 0 Å². The average molecular weight is 222 g/mol. The molecule has 0 radical (unpaired) electrons. The zero-order valence-electron chi connectivity index (χ0n) is 9.74. The molecule has 2 unspecified atom stereocenters. The van der Waals surface area contributed by atoms with Gasteiger partial charge >= 0.3 is 0 Å². The predicted octanol–water partition coefficient (Wildman–Crippen LogP) is 1.61. The van der Waals surface area contributed by atoms with E-state index in [9.17, 15) is 13.5 Å². The van der Waals surface area contributed by atoms with Crippen molar-refractivity contribution in [2.75, 3.05) is 5.75 Å². The molecule has 0 fully saturated rings. The highest BCUT2D eigenvalue weighted by Gasteiger charge is 2.40. The van der Waals surface area contributed by atoms with Crippen LogP contribution in [0.3, 0.4) is 0 Å². The van der Waals surface area contributed by atoms with Crippen molar-refractivity contribution >= 4 is 9.84 Å². The van der Waals surface area contributed by atoms with Crippen LogP contribution >= 0.6 is 0 Å². The first kappa shape index (κ1) is 13.9. The van der Waals surface area contributed by atoms with Crippen LogP contribution in [0.1, 0.15) is 41.0 Å². The highest BCUT2D eigenvalue weighted by molar-refractivity contribution is 7.92. The second-order valence-electron chi connectivity index (χ2n) is 4.41. The summed E-state index contributed by atoms with van der Waals surface area (Å²) in [5, 5.41) is 9.20. The van der Waals surface area contributed by atoms with Gasteiger partial charge in [0.15, 0.2) is 9.84 Å². The molecule has 86 valence electrons. The Balaban J connectivity index is 5.14. The molecule has 0 rings (SSSR count). The van der Waals surface area contributed by atoms with Crippen LogP contribution in [0.2, 0.25) is 0 Å². The van der Waals surface area contributed by atoms with E-state index >= 15 is 0 Å². The van der Waals surface area contributed by atoms with Gasteiger partial charge in [0.2, 0.25) is 0 Å². The maximum absolute atomic E-state index is 11.8. The third-order valence-corrected chi connectivity index (χ3v) is 5.27. The van der Waals surface area contributed by atoms with Crippen molar-refractivity contribution in [3.63, 3.8) is 0 Å². The van der Waals surface area contributed by atoms with Crippen molar-refractivity contribution < 1.29 is 13.5 Å². The van der Waals surface area contributed by atoms with Gasteiger partial charge in [-0.25, -0.2) is 8.42 Å². The van der Waals surface area contributed by atoms with Gasteiger partial charge in [-0.15, -0.1) is 0 Å². The third kappa shape index (κ3) is 3.24. The van der Waals surface area contributed by atoms with Crippen LogP contribution in [0, 0.1) is 5.92 Å². The first-order chi connectivity index (χ1) is 6.16. The lowest BCUT2D eigenvalue weighted by Gasteiger charge is -2.32. The summed E-state index contributed by atoms with van der Waals surface area (Å²) >= 11 is 0. The van der Waals surface area contributed by atoms with Crippen molar-refractivity contribution in [2.24, 2.45) is 5.92 Å². The van der Waals surface area contributed by atoms with E-state index in [0.29, 0.717) is 0 Å². The molecule has 1 N–H and O–H groups in total. The average Bonchev–Trinajstić information content (AvgIpc) is 2.01. The Kier molecular flexibility index (Phi) is 4.59. The third-order valence-electron chi connectivity index (χ3n) is 2.65. The molecule has 0 aromatic carbocycles. The molecule has 4 heteroatoms. The first-order valence-corrected chi connectivity index (χ1v) is 6.82. The number of hydrogen-bond donors (Lipinski definition) is 1. The number of hydrogen-bond acceptors (Lipinski definition) is 3. The molecule has 0 aliphatic carbocycles. The SMILES string of the molecule is CCC(C)C(C(C)(C)O)S(=O)(=O)CC. The number of aliphatic hydroxyl groups is 1. The van der Waals surface area contributed by atoms with Crippen LogP contribution in [0.15, 0.2) is 0 Å². The highest BCUT2D eigenvalue weighted by atomic mass is 32.2. The molecular weight excluding hydrogens is 200 g/mol. The molecule has 0 saturated carbocycles. The summed E-state index contributed by atoms with van der Waals surface area (Å²) in [5.41, 5.74) is -1.16. The van der Waals surface area contributed by atoms with Gasteiger partial charge in [-0.2, -0.15) is 0 Å². The zero-order chi connectivity index (χ0) is 11.6. The second-order valence-corrected chi connectivity index (χ2v) is 6.82. The van der Waals surface area contributed by atoms with E-state index in [4.69, 9.17) is 0 Å². The Morgan fingerprint density at radius 1 is 1.29 bits per heavy atom. The molecule has 0 bridgehead atoms. The molecule has 2 atom stereocenters. The van der Waals surface area contributed by atoms with E-state index < -0.39 is 20.7 Å². The molecule has 0 aliphatic heterocycles. The topological polar surface area (TPSA) is 54.4 Å². The maximum atomic E-state index is 11.8. The molecule has 0 spiro atoms. The summed E-state index contributed by atoms with van der Waals surface area (Å²) in [5.74, 6) is 0.0753. The van der Waals surface area contributed by atoms with E-state index in [0.717, 1.165) is 6.42 Å². The van der Waals surface area contributed by atoms with Gasteiger partial charge in [0.05, 0.1) is 10.9 Å². The lowest BCUT2D eigenvalue weighted by molar-refractivity contribution is 0.0588. The van der Waals surface area contributed by atoms with Crippen molar-refractivity contribution in [2.45, 2.75) is 51.9 Å². The molecular formula is C10H22O3S. The van der Waals surface area contributed by atoms with Crippen molar-refractivity contribution in [3.05, 3.63) is 0 Å². The van der Waals surface area contributed by atoms with E-state index in [-0.39, 0.29) is 11.7 Å². The van der Waals surface area contributed by atoms with Gasteiger partial charge < -0.3 is 5.11 Å². The van der Waals surface area contributed by atoms with Crippen LogP contribution < -0.4 is 0 Å². The zero-order valence-corrected chi connectivity index (χ0v) is 10.6. The standard InChI is InChI=1S/C10H22O3S/c1-6-8(3)9(10(4,5)11)14(12,13)7-2/h8-9,11H,6-7H2,1-5H3. The van der Waals surface area contributed by atoms with Crippen LogP contribution in [-0.2, 0) is 9.84 Å². The quantitative estimate of drug-likeness (QED) is 0.769. The molecule has 0 saturated heterocycles. The Bertz CT molecular complexity index is 262. The fourth-order valence-electron chi connectivity index (χ4n) is 1.88. The summed E-state index contributed by atoms with van der Waals surface area (Å²) < 4.78 is 23.6. The Morgan fingerprint density at radius 2 is 1.71 bits per heavy atom. The summed E-state index contributed by atoms with van der Waals surface area (Å²) in [4.78, 5) is 0. The van der Waals surface area contributed by atoms with Crippen LogP contribution in [-0.4, -0.2) is 30.1 Å². The maximum Gasteiger partial charge on any atom is 0.155 e. The van der Waals surface area contributed by atoms with Gasteiger partial charge in [0.25, 0.3) is 0 Å². The van der Waals surface area contributed by atoms with E-state index in [1.807, 2.05) is 13.8 Å². The van der Waals surface area contributed by atoms with Crippen molar-refractivity contribution in [1.29, 1.82) is 0 Å². The summed E-state index contributed by atoms with van der Waals surface area (Å²) in [7, 11) is -3.18. The van der Waals surface area contributed by atoms with Crippen LogP contribution in [0.25, 0.3) is 0 Å². The van der Waals surface area contributed by atoms with Crippen molar-refractivity contribution in [1.82, 2.24) is 0 Å². The second kappa shape index (κ2) is 4.62. The van der Waals surface area contributed by atoms with Gasteiger partial charge in [0, 0.05) is 5.75 Å². The molecule has 0 aliphatic rings. The normalized spacial score (nSPS) is 17.9. The van der Waals surface area contributed by atoms with Crippen molar-refractivity contribution in [3.8, 4) is 0 Å². The van der Waals surface area contributed by atoms with Crippen LogP contribution in [0.4, 0.5) is 0 Å². The largest absolute Gasteiger partial charge is 0.389 e. The minimum Gasteiger partial charge on any atom is -0.389 e. The van der Waals surface area contributed by atoms with Gasteiger partial charge in [-0.05, 0) is 19.8 Å². The molecule has 0 aromatic rings. The fourth-order valence-corrected chi connectivity index (χ4v) is 4.02. The summed E-state index contributed by atoms with van der Waals surface area (Å²) in [6.07, 6.45) is 0.758. The lowest BCUT2D eigenvalue weighted by Crippen LogP contribution is -2.46. The number of sulfone groups is 1. The molecule has 3 nitrogen and oxygen atoms in total. The Hall–Kier alpha value is -0.0900. The fraction of sp³-hybridized carbons (Fsp3) is 1.00. The van der Waals surface area contributed by atoms with E-state index in [1.54, 1.807) is 20.8 Å². The number of rotatable bonds is 5. The smallest absolute Gasteiger partial charge is 0.155 e. The monoisotopic (exact) mass is 222 g/mol. The first-order valence-electron chi connectivity index (χ1n) is 5.10. The highest BCUT2D eigenvalue weighted by Crippen LogP contribution is 2.27. The van der Waals surface area contributed by atoms with E-state index in [1.165, 1.54) is 0 Å². The summed E-state index contributed by atoms with van der Waals surface area (Å²) in [6.45, 7) is 8.56. The van der Waals surface area contributed by atoms with E-state index in [2.05, 4.69) is 0 Å². The summed E-state index contributed by atoms with van der Waals surface area (Å²) in [6, 6.07) is 0. The Labute approximate surface area is 87.4 Å². The minimum atomic E-state index is -3.18. The molecule has 0 heterocycles. The predicted molar refractivity (Wildman–Crippen MR) is 59.0 cm³/mol. The minimum absolute atomic E-state index is 0.0139.